The van der Waals surface area contributed by atoms with Gasteiger partial charge in [0.25, 0.3) is 5.91 Å². The highest BCUT2D eigenvalue weighted by Gasteiger charge is 2.27. The molecule has 118 valence electrons. The average Bonchev–Trinajstić information content (AvgIpc) is 2.69. The van der Waals surface area contributed by atoms with Crippen LogP contribution < -0.4 is 10.1 Å². The first kappa shape index (κ1) is 16.5. The Bertz CT molecular complexity index is 650. The Morgan fingerprint density at radius 3 is 2.59 bits per heavy atom. The number of amides is 1. The first-order valence-corrected chi connectivity index (χ1v) is 7.84. The Morgan fingerprint density at radius 1 is 1.41 bits per heavy atom. The third-order valence-electron chi connectivity index (χ3n) is 3.70. The number of hydrogen-bond donors (Lipinski definition) is 1. The fourth-order valence-corrected chi connectivity index (χ4v) is 2.57. The molecule has 1 N–H and O–H groups in total. The van der Waals surface area contributed by atoms with E-state index in [1.54, 1.807) is 7.05 Å². The molecule has 1 aliphatic heterocycles. The highest BCUT2D eigenvalue weighted by molar-refractivity contribution is 7.80. The Morgan fingerprint density at radius 2 is 2.09 bits per heavy atom. The highest BCUT2D eigenvalue weighted by atomic mass is 32.1. The largest absolute Gasteiger partial charge is 0.494 e. The number of carbonyl (C=O) groups excluding carboxylic acids is 1. The van der Waals surface area contributed by atoms with Gasteiger partial charge >= 0.3 is 0 Å². The van der Waals surface area contributed by atoms with Crippen LogP contribution in [0, 0.1) is 6.92 Å². The van der Waals surface area contributed by atoms with E-state index in [0.29, 0.717) is 23.3 Å². The summed E-state index contributed by atoms with van der Waals surface area (Å²) in [5, 5.41) is 3.39. The molecular formula is C17H22N2O2S. The number of nitrogens with one attached hydrogen (secondary N) is 1. The van der Waals surface area contributed by atoms with Crippen molar-refractivity contribution < 1.29 is 9.53 Å². The van der Waals surface area contributed by atoms with Crippen molar-refractivity contribution in [1.82, 2.24) is 10.2 Å². The molecule has 0 aromatic heterocycles. The number of rotatable bonds is 4. The fourth-order valence-electron chi connectivity index (χ4n) is 2.38. The number of thiocarbonyl (C=S) groups is 1. The van der Waals surface area contributed by atoms with Crippen molar-refractivity contribution in [2.75, 3.05) is 13.7 Å². The molecule has 0 saturated carbocycles. The van der Waals surface area contributed by atoms with Gasteiger partial charge in [0, 0.05) is 7.05 Å². The van der Waals surface area contributed by atoms with E-state index in [1.165, 1.54) is 4.90 Å². The Kier molecular flexibility index (Phi) is 4.86. The molecular weight excluding hydrogens is 296 g/mol. The zero-order valence-electron chi connectivity index (χ0n) is 13.7. The van der Waals surface area contributed by atoms with Gasteiger partial charge in [-0.15, -0.1) is 0 Å². The van der Waals surface area contributed by atoms with Gasteiger partial charge in [0.15, 0.2) is 5.11 Å². The van der Waals surface area contributed by atoms with Crippen LogP contribution in [0.25, 0.3) is 6.08 Å². The molecule has 1 fully saturated rings. The summed E-state index contributed by atoms with van der Waals surface area (Å²) >= 11 is 5.10. The monoisotopic (exact) mass is 318 g/mol. The van der Waals surface area contributed by atoms with E-state index in [9.17, 15) is 4.79 Å². The second-order valence-corrected chi connectivity index (χ2v) is 6.07. The molecule has 1 aromatic rings. The van der Waals surface area contributed by atoms with Crippen LogP contribution in [0.5, 0.6) is 5.75 Å². The minimum atomic E-state index is -0.107. The lowest BCUT2D eigenvalue weighted by atomic mass is 9.96. The molecule has 0 bridgehead atoms. The number of likely N-dealkylation sites (N-methyl/N-ethyl adjacent to an activating group) is 1. The minimum absolute atomic E-state index is 0.107. The van der Waals surface area contributed by atoms with Gasteiger partial charge in [0.05, 0.1) is 6.61 Å². The number of aryl methyl sites for hydroxylation is 1. The normalized spacial score (nSPS) is 16.6. The van der Waals surface area contributed by atoms with Crippen LogP contribution in [0.4, 0.5) is 0 Å². The molecule has 0 radical (unpaired) electrons. The third kappa shape index (κ3) is 3.14. The van der Waals surface area contributed by atoms with E-state index < -0.39 is 0 Å². The average molecular weight is 318 g/mol. The topological polar surface area (TPSA) is 41.6 Å². The van der Waals surface area contributed by atoms with Gasteiger partial charge in [-0.2, -0.15) is 0 Å². The number of hydrogen-bond acceptors (Lipinski definition) is 3. The molecule has 22 heavy (non-hydrogen) atoms. The zero-order chi connectivity index (χ0) is 16.4. The second kappa shape index (κ2) is 6.48. The summed E-state index contributed by atoms with van der Waals surface area (Å²) in [5.41, 5.74) is 3.71. The molecule has 2 rings (SSSR count). The predicted octanol–water partition coefficient (Wildman–Crippen LogP) is 3.20. The molecule has 0 aliphatic carbocycles. The Hall–Kier alpha value is -1.88. The lowest BCUT2D eigenvalue weighted by Crippen LogP contribution is -2.25. The van der Waals surface area contributed by atoms with Crippen molar-refractivity contribution in [1.29, 1.82) is 0 Å². The van der Waals surface area contributed by atoms with Crippen LogP contribution in [-0.2, 0) is 4.79 Å². The van der Waals surface area contributed by atoms with Crippen molar-refractivity contribution in [3.8, 4) is 5.75 Å². The summed E-state index contributed by atoms with van der Waals surface area (Å²) in [5.74, 6) is 1.15. The summed E-state index contributed by atoms with van der Waals surface area (Å²) in [6.45, 7) is 8.89. The molecule has 1 aliphatic rings. The zero-order valence-corrected chi connectivity index (χ0v) is 14.5. The van der Waals surface area contributed by atoms with Crippen LogP contribution in [0.3, 0.4) is 0 Å². The van der Waals surface area contributed by atoms with E-state index in [-0.39, 0.29) is 5.91 Å². The lowest BCUT2D eigenvalue weighted by Gasteiger charge is -2.16. The van der Waals surface area contributed by atoms with Crippen LogP contribution in [0.2, 0.25) is 0 Å². The van der Waals surface area contributed by atoms with E-state index in [4.69, 9.17) is 17.0 Å². The van der Waals surface area contributed by atoms with E-state index in [1.807, 2.05) is 26.0 Å². The number of nitrogens with zero attached hydrogens (tertiary/aromatic N) is 1. The first-order valence-electron chi connectivity index (χ1n) is 7.43. The Balaban J connectivity index is 2.46. The summed E-state index contributed by atoms with van der Waals surface area (Å²) in [6.07, 6.45) is 1.86. The number of carbonyl (C=O) groups is 1. The van der Waals surface area contributed by atoms with Gasteiger partial charge in [0.2, 0.25) is 0 Å². The van der Waals surface area contributed by atoms with Gasteiger partial charge in [-0.1, -0.05) is 13.8 Å². The SMILES string of the molecule is CCOc1cc(C)c(/C=C2\NC(=S)N(C)C2=O)cc1C(C)C. The maximum absolute atomic E-state index is 12.1. The van der Waals surface area contributed by atoms with Crippen LogP contribution >= 0.6 is 12.2 Å². The maximum atomic E-state index is 12.1. The highest BCUT2D eigenvalue weighted by Crippen LogP contribution is 2.31. The van der Waals surface area contributed by atoms with E-state index in [2.05, 4.69) is 25.2 Å². The van der Waals surface area contributed by atoms with Gasteiger partial charge in [-0.3, -0.25) is 9.69 Å². The summed E-state index contributed by atoms with van der Waals surface area (Å²) in [4.78, 5) is 13.5. The van der Waals surface area contributed by atoms with Crippen molar-refractivity contribution in [2.45, 2.75) is 33.6 Å². The van der Waals surface area contributed by atoms with Crippen LogP contribution in [0.15, 0.2) is 17.8 Å². The molecule has 4 nitrogen and oxygen atoms in total. The van der Waals surface area contributed by atoms with Crippen LogP contribution in [-0.4, -0.2) is 29.6 Å². The second-order valence-electron chi connectivity index (χ2n) is 5.69. The minimum Gasteiger partial charge on any atom is -0.494 e. The first-order chi connectivity index (χ1) is 10.3. The van der Waals surface area contributed by atoms with E-state index in [0.717, 1.165) is 22.4 Å². The standard InChI is InChI=1S/C17H22N2O2S/c1-6-21-15-7-11(4)12(8-13(15)10(2)3)9-14-16(20)19(5)17(22)18-14/h7-10H,6H2,1-5H3,(H,18,22)/b14-9-. The molecule has 0 atom stereocenters. The summed E-state index contributed by atoms with van der Waals surface area (Å²) < 4.78 is 5.73. The maximum Gasteiger partial charge on any atom is 0.276 e. The molecule has 0 unspecified atom stereocenters. The quantitative estimate of drug-likeness (QED) is 0.684. The molecule has 1 amide bonds. The predicted molar refractivity (Wildman–Crippen MR) is 92.9 cm³/mol. The smallest absolute Gasteiger partial charge is 0.276 e. The van der Waals surface area contributed by atoms with Gasteiger partial charge < -0.3 is 10.1 Å². The third-order valence-corrected chi connectivity index (χ3v) is 4.08. The van der Waals surface area contributed by atoms with Gasteiger partial charge in [-0.05, 0) is 66.9 Å². The van der Waals surface area contributed by atoms with Gasteiger partial charge in [0.1, 0.15) is 11.4 Å². The Labute approximate surface area is 137 Å². The number of benzene rings is 1. The summed E-state index contributed by atoms with van der Waals surface area (Å²) in [7, 11) is 1.67. The van der Waals surface area contributed by atoms with Crippen molar-refractivity contribution in [3.63, 3.8) is 0 Å². The molecule has 1 heterocycles. The summed E-state index contributed by atoms with van der Waals surface area (Å²) in [6, 6.07) is 4.13. The molecule has 1 saturated heterocycles. The van der Waals surface area contributed by atoms with Gasteiger partial charge in [-0.25, -0.2) is 0 Å². The van der Waals surface area contributed by atoms with Crippen molar-refractivity contribution in [2.24, 2.45) is 0 Å². The molecule has 0 spiro atoms. The van der Waals surface area contributed by atoms with Crippen LogP contribution in [0.1, 0.15) is 43.4 Å². The molecule has 1 aromatic carbocycles. The van der Waals surface area contributed by atoms with E-state index >= 15 is 0 Å². The van der Waals surface area contributed by atoms with Crippen molar-refractivity contribution >= 4 is 29.3 Å². The molecule has 5 heteroatoms. The lowest BCUT2D eigenvalue weighted by molar-refractivity contribution is -0.121. The fraction of sp³-hybridized carbons (Fsp3) is 0.412. The van der Waals surface area contributed by atoms with Crippen molar-refractivity contribution in [3.05, 3.63) is 34.5 Å². The number of ether oxygens (including phenoxy) is 1.